The Morgan fingerprint density at radius 1 is 1.41 bits per heavy atom. The van der Waals surface area contributed by atoms with E-state index >= 15 is 0 Å². The number of rotatable bonds is 2. The van der Waals surface area contributed by atoms with Crippen LogP contribution in [0, 0.1) is 0 Å². The number of benzene rings is 1. The number of hydrogen-bond donors (Lipinski definition) is 1. The quantitative estimate of drug-likeness (QED) is 0.891. The lowest BCUT2D eigenvalue weighted by Crippen LogP contribution is -2.18. The molecule has 1 heterocycles. The van der Waals surface area contributed by atoms with Crippen LogP contribution in [-0.2, 0) is 4.79 Å². The van der Waals surface area contributed by atoms with Crippen LogP contribution in [0.3, 0.4) is 0 Å². The smallest absolute Gasteiger partial charge is 0.326 e. The minimum absolute atomic E-state index is 0.148. The molecule has 0 aliphatic carbocycles. The summed E-state index contributed by atoms with van der Waals surface area (Å²) in [6.45, 7) is 1.55. The molecule has 2 aromatic rings. The van der Waals surface area contributed by atoms with Crippen LogP contribution in [0.25, 0.3) is 10.9 Å². The summed E-state index contributed by atoms with van der Waals surface area (Å²) >= 11 is 5.86. The van der Waals surface area contributed by atoms with Crippen molar-refractivity contribution in [3.8, 4) is 0 Å². The molecule has 4 nitrogen and oxygen atoms in total. The molecule has 2 rings (SSSR count). The summed E-state index contributed by atoms with van der Waals surface area (Å²) in [7, 11) is 0. The van der Waals surface area contributed by atoms with Gasteiger partial charge in [-0.25, -0.2) is 4.79 Å². The van der Waals surface area contributed by atoms with E-state index in [1.165, 1.54) is 16.8 Å². The second-order valence-electron chi connectivity index (χ2n) is 3.76. The fraction of sp³-hybridized carbons (Fsp3) is 0.167. The number of fused-ring (bicyclic) bond motifs is 1. The highest BCUT2D eigenvalue weighted by Gasteiger charge is 2.15. The van der Waals surface area contributed by atoms with Crippen LogP contribution in [0.15, 0.2) is 35.3 Å². The first kappa shape index (κ1) is 11.7. The van der Waals surface area contributed by atoms with Gasteiger partial charge in [0.25, 0.3) is 0 Å². The standard InChI is InChI=1S/C12H10ClNO3/c1-7(12(16)17)14-5-4-11(15)9-3-2-8(13)6-10(9)14/h2-7H,1H3,(H,16,17). The maximum Gasteiger partial charge on any atom is 0.326 e. The van der Waals surface area contributed by atoms with Gasteiger partial charge in [-0.15, -0.1) is 0 Å². The van der Waals surface area contributed by atoms with E-state index in [4.69, 9.17) is 16.7 Å². The van der Waals surface area contributed by atoms with Gasteiger partial charge in [-0.2, -0.15) is 0 Å². The molecule has 1 aromatic carbocycles. The van der Waals surface area contributed by atoms with Gasteiger partial charge in [0.1, 0.15) is 6.04 Å². The van der Waals surface area contributed by atoms with E-state index in [0.29, 0.717) is 15.9 Å². The van der Waals surface area contributed by atoms with Crippen LogP contribution in [0.4, 0.5) is 0 Å². The number of pyridine rings is 1. The summed E-state index contributed by atoms with van der Waals surface area (Å²) in [6.07, 6.45) is 1.47. The van der Waals surface area contributed by atoms with E-state index in [0.717, 1.165) is 0 Å². The second kappa shape index (κ2) is 4.22. The molecule has 17 heavy (non-hydrogen) atoms. The summed E-state index contributed by atoms with van der Waals surface area (Å²) in [6, 6.07) is 5.41. The summed E-state index contributed by atoms with van der Waals surface area (Å²) in [4.78, 5) is 22.6. The summed E-state index contributed by atoms with van der Waals surface area (Å²) in [5.74, 6) is -0.963. The van der Waals surface area contributed by atoms with Gasteiger partial charge in [0.2, 0.25) is 0 Å². The molecule has 1 unspecified atom stereocenters. The lowest BCUT2D eigenvalue weighted by Gasteiger charge is -2.14. The van der Waals surface area contributed by atoms with Gasteiger partial charge < -0.3 is 9.67 Å². The van der Waals surface area contributed by atoms with E-state index in [-0.39, 0.29) is 5.43 Å². The number of hydrogen-bond acceptors (Lipinski definition) is 2. The van der Waals surface area contributed by atoms with E-state index < -0.39 is 12.0 Å². The molecule has 5 heteroatoms. The molecule has 0 fully saturated rings. The number of aliphatic carboxylic acids is 1. The number of carboxylic acid groups (broad SMARTS) is 1. The van der Waals surface area contributed by atoms with Crippen LogP contribution in [0.5, 0.6) is 0 Å². The minimum atomic E-state index is -0.963. The van der Waals surface area contributed by atoms with Crippen molar-refractivity contribution in [2.75, 3.05) is 0 Å². The van der Waals surface area contributed by atoms with Crippen molar-refractivity contribution in [3.05, 3.63) is 45.7 Å². The third kappa shape index (κ3) is 2.03. The number of halogens is 1. The lowest BCUT2D eigenvalue weighted by atomic mass is 10.2. The van der Waals surface area contributed by atoms with Crippen molar-refractivity contribution >= 4 is 28.5 Å². The zero-order valence-corrected chi connectivity index (χ0v) is 9.81. The number of carboxylic acids is 1. The third-order valence-electron chi connectivity index (χ3n) is 2.66. The van der Waals surface area contributed by atoms with Crippen LogP contribution in [-0.4, -0.2) is 15.6 Å². The van der Waals surface area contributed by atoms with E-state index in [2.05, 4.69) is 0 Å². The predicted octanol–water partition coefficient (Wildman–Crippen LogP) is 2.30. The minimum Gasteiger partial charge on any atom is -0.480 e. The predicted molar refractivity (Wildman–Crippen MR) is 65.6 cm³/mol. The van der Waals surface area contributed by atoms with Crippen molar-refractivity contribution in [3.63, 3.8) is 0 Å². The Morgan fingerprint density at radius 3 is 2.76 bits per heavy atom. The van der Waals surface area contributed by atoms with Crippen molar-refractivity contribution in [1.82, 2.24) is 4.57 Å². The van der Waals surface area contributed by atoms with Gasteiger partial charge in [-0.1, -0.05) is 11.6 Å². The molecule has 1 aromatic heterocycles. The Bertz CT molecular complexity index is 648. The molecule has 0 spiro atoms. The first-order chi connectivity index (χ1) is 8.00. The molecule has 0 amide bonds. The van der Waals surface area contributed by atoms with Crippen LogP contribution in [0.2, 0.25) is 5.02 Å². The van der Waals surface area contributed by atoms with E-state index in [9.17, 15) is 9.59 Å². The molecular formula is C12H10ClNO3. The Labute approximate surface area is 102 Å². The summed E-state index contributed by atoms with van der Waals surface area (Å²) in [5, 5.41) is 9.93. The Morgan fingerprint density at radius 2 is 2.12 bits per heavy atom. The molecule has 0 aliphatic rings. The molecular weight excluding hydrogens is 242 g/mol. The van der Waals surface area contributed by atoms with Crippen LogP contribution in [0.1, 0.15) is 13.0 Å². The van der Waals surface area contributed by atoms with Crippen LogP contribution >= 0.6 is 11.6 Å². The molecule has 0 bridgehead atoms. The van der Waals surface area contributed by atoms with Gasteiger partial charge in [0, 0.05) is 22.7 Å². The topological polar surface area (TPSA) is 59.3 Å². The highest BCUT2D eigenvalue weighted by molar-refractivity contribution is 6.31. The van der Waals surface area contributed by atoms with Crippen molar-refractivity contribution in [2.24, 2.45) is 0 Å². The van der Waals surface area contributed by atoms with Crippen molar-refractivity contribution in [2.45, 2.75) is 13.0 Å². The molecule has 0 aliphatic heterocycles. The zero-order valence-electron chi connectivity index (χ0n) is 9.05. The molecule has 0 radical (unpaired) electrons. The summed E-state index contributed by atoms with van der Waals surface area (Å²) in [5.41, 5.74) is 0.380. The Kier molecular flexibility index (Phi) is 2.90. The van der Waals surface area contributed by atoms with Crippen molar-refractivity contribution in [1.29, 1.82) is 0 Å². The molecule has 1 N–H and O–H groups in total. The maximum atomic E-state index is 11.6. The molecule has 0 saturated heterocycles. The van der Waals surface area contributed by atoms with Gasteiger partial charge in [0.05, 0.1) is 5.52 Å². The van der Waals surface area contributed by atoms with Crippen LogP contribution < -0.4 is 5.43 Å². The first-order valence-electron chi connectivity index (χ1n) is 5.04. The van der Waals surface area contributed by atoms with Gasteiger partial charge in [-0.3, -0.25) is 4.79 Å². The average molecular weight is 252 g/mol. The molecule has 1 atom stereocenters. The number of nitrogens with zero attached hydrogens (tertiary/aromatic N) is 1. The largest absolute Gasteiger partial charge is 0.480 e. The lowest BCUT2D eigenvalue weighted by molar-refractivity contribution is -0.140. The van der Waals surface area contributed by atoms with E-state index in [1.54, 1.807) is 25.1 Å². The average Bonchev–Trinajstić information content (AvgIpc) is 2.28. The number of carbonyl (C=O) groups is 1. The Balaban J connectivity index is 2.81. The van der Waals surface area contributed by atoms with E-state index in [1.807, 2.05) is 0 Å². The molecule has 0 saturated carbocycles. The highest BCUT2D eigenvalue weighted by atomic mass is 35.5. The zero-order chi connectivity index (χ0) is 12.6. The molecule has 88 valence electrons. The third-order valence-corrected chi connectivity index (χ3v) is 2.90. The maximum absolute atomic E-state index is 11.6. The van der Waals surface area contributed by atoms with Gasteiger partial charge >= 0.3 is 5.97 Å². The fourth-order valence-electron chi connectivity index (χ4n) is 1.70. The highest BCUT2D eigenvalue weighted by Crippen LogP contribution is 2.19. The van der Waals surface area contributed by atoms with Gasteiger partial charge in [-0.05, 0) is 25.1 Å². The normalized spacial score (nSPS) is 12.6. The second-order valence-corrected chi connectivity index (χ2v) is 4.20. The summed E-state index contributed by atoms with van der Waals surface area (Å²) < 4.78 is 1.52. The van der Waals surface area contributed by atoms with Gasteiger partial charge in [0.15, 0.2) is 5.43 Å². The fourth-order valence-corrected chi connectivity index (χ4v) is 1.87. The SMILES string of the molecule is CC(C(=O)O)n1ccc(=O)c2ccc(Cl)cc21. The number of aromatic nitrogens is 1. The van der Waals surface area contributed by atoms with Crippen molar-refractivity contribution < 1.29 is 9.90 Å². The monoisotopic (exact) mass is 251 g/mol. The first-order valence-corrected chi connectivity index (χ1v) is 5.41. The Hall–Kier alpha value is -1.81.